The first kappa shape index (κ1) is 13.3. The van der Waals surface area contributed by atoms with Gasteiger partial charge in [-0.1, -0.05) is 0 Å². The number of anilines is 1. The van der Waals surface area contributed by atoms with Crippen LogP contribution in [-0.2, 0) is 11.3 Å². The van der Waals surface area contributed by atoms with E-state index in [2.05, 4.69) is 15.5 Å². The molecule has 2 aromatic rings. The number of tetrazole rings is 1. The number of aryl methyl sites for hydroxylation is 1. The second kappa shape index (κ2) is 6.14. The highest BCUT2D eigenvalue weighted by atomic mass is 16.5. The smallest absolute Gasteiger partial charge is 0.182 e. The van der Waals surface area contributed by atoms with Crippen molar-refractivity contribution in [1.82, 2.24) is 20.2 Å². The molecule has 0 radical (unpaired) electrons. The van der Waals surface area contributed by atoms with Gasteiger partial charge in [0.2, 0.25) is 0 Å². The Balaban J connectivity index is 2.24. The molecule has 0 saturated heterocycles. The zero-order valence-corrected chi connectivity index (χ0v) is 11.0. The first-order valence-electron chi connectivity index (χ1n) is 5.95. The molecule has 0 spiro atoms. The minimum atomic E-state index is 0.588. The number of nitrogen functional groups attached to an aromatic ring is 1. The number of nitrogens with two attached hydrogens (primary N) is 1. The van der Waals surface area contributed by atoms with Crippen molar-refractivity contribution >= 4 is 5.69 Å². The van der Waals surface area contributed by atoms with Crippen LogP contribution in [0.15, 0.2) is 18.2 Å². The van der Waals surface area contributed by atoms with Gasteiger partial charge in [0.15, 0.2) is 5.82 Å². The summed E-state index contributed by atoms with van der Waals surface area (Å²) in [5.41, 5.74) is 7.25. The monoisotopic (exact) mass is 263 g/mol. The molecule has 1 heterocycles. The van der Waals surface area contributed by atoms with E-state index in [1.807, 2.05) is 12.1 Å². The van der Waals surface area contributed by atoms with Crippen molar-refractivity contribution in [2.75, 3.05) is 26.6 Å². The third-order valence-electron chi connectivity index (χ3n) is 2.74. The Morgan fingerprint density at radius 3 is 2.89 bits per heavy atom. The molecule has 2 rings (SSSR count). The van der Waals surface area contributed by atoms with Gasteiger partial charge >= 0.3 is 0 Å². The Morgan fingerprint density at radius 1 is 1.32 bits per heavy atom. The van der Waals surface area contributed by atoms with Crippen LogP contribution >= 0.6 is 0 Å². The van der Waals surface area contributed by atoms with Gasteiger partial charge in [-0.3, -0.25) is 0 Å². The fraction of sp³-hybridized carbons (Fsp3) is 0.417. The Morgan fingerprint density at radius 2 is 2.16 bits per heavy atom. The molecule has 2 N–H and O–H groups in total. The minimum Gasteiger partial charge on any atom is -0.495 e. The first-order chi connectivity index (χ1) is 9.26. The van der Waals surface area contributed by atoms with Gasteiger partial charge in [-0.25, -0.2) is 4.68 Å². The number of nitrogens with zero attached hydrogens (tertiary/aromatic N) is 4. The molecule has 0 saturated carbocycles. The van der Waals surface area contributed by atoms with Crippen molar-refractivity contribution in [3.63, 3.8) is 0 Å². The van der Waals surface area contributed by atoms with Crippen molar-refractivity contribution < 1.29 is 9.47 Å². The lowest BCUT2D eigenvalue weighted by Gasteiger charge is -2.08. The summed E-state index contributed by atoms with van der Waals surface area (Å²) in [4.78, 5) is 0. The summed E-state index contributed by atoms with van der Waals surface area (Å²) in [6.45, 7) is 1.37. The second-order valence-corrected chi connectivity index (χ2v) is 4.03. The van der Waals surface area contributed by atoms with Crippen LogP contribution in [0.4, 0.5) is 5.69 Å². The highest BCUT2D eigenvalue weighted by molar-refractivity contribution is 5.65. The lowest BCUT2D eigenvalue weighted by Crippen LogP contribution is -2.05. The van der Waals surface area contributed by atoms with Crippen molar-refractivity contribution in [1.29, 1.82) is 0 Å². The topological polar surface area (TPSA) is 88.1 Å². The highest BCUT2D eigenvalue weighted by Crippen LogP contribution is 2.27. The molecule has 0 atom stereocenters. The molecule has 0 unspecified atom stereocenters. The largest absolute Gasteiger partial charge is 0.495 e. The van der Waals surface area contributed by atoms with Crippen LogP contribution < -0.4 is 10.5 Å². The summed E-state index contributed by atoms with van der Waals surface area (Å²) in [6, 6.07) is 5.48. The molecular formula is C12H17N5O2. The summed E-state index contributed by atoms with van der Waals surface area (Å²) < 4.78 is 12.0. The number of rotatable bonds is 6. The Hall–Kier alpha value is -2.15. The number of methoxy groups -OCH3 is 2. The lowest BCUT2D eigenvalue weighted by molar-refractivity contribution is 0.189. The van der Waals surface area contributed by atoms with Crippen LogP contribution in [0, 0.1) is 0 Å². The van der Waals surface area contributed by atoms with E-state index in [0.29, 0.717) is 30.4 Å². The molecule has 0 bridgehead atoms. The summed E-state index contributed by atoms with van der Waals surface area (Å²) >= 11 is 0. The van der Waals surface area contributed by atoms with E-state index in [-0.39, 0.29) is 0 Å². The zero-order chi connectivity index (χ0) is 13.7. The maximum atomic E-state index is 5.79. The molecule has 7 nitrogen and oxygen atoms in total. The molecular weight excluding hydrogens is 246 g/mol. The van der Waals surface area contributed by atoms with E-state index in [1.54, 1.807) is 25.0 Å². The maximum absolute atomic E-state index is 5.79. The molecule has 1 aromatic carbocycles. The van der Waals surface area contributed by atoms with Gasteiger partial charge < -0.3 is 15.2 Å². The number of ether oxygens (including phenoxy) is 2. The fourth-order valence-electron chi connectivity index (χ4n) is 1.77. The third-order valence-corrected chi connectivity index (χ3v) is 2.74. The van der Waals surface area contributed by atoms with Crippen LogP contribution in [0.3, 0.4) is 0 Å². The van der Waals surface area contributed by atoms with Crippen LogP contribution in [0.1, 0.15) is 6.42 Å². The molecule has 1 aromatic heterocycles. The molecule has 0 fully saturated rings. The van der Waals surface area contributed by atoms with Gasteiger partial charge in [0, 0.05) is 25.8 Å². The number of aromatic nitrogens is 4. The van der Waals surface area contributed by atoms with Crippen molar-refractivity contribution in [2.45, 2.75) is 13.0 Å². The van der Waals surface area contributed by atoms with Crippen LogP contribution in [0.25, 0.3) is 11.4 Å². The molecule has 0 aliphatic rings. The fourth-order valence-corrected chi connectivity index (χ4v) is 1.77. The number of benzene rings is 1. The van der Waals surface area contributed by atoms with E-state index in [1.165, 1.54) is 0 Å². The number of hydrogen-bond donors (Lipinski definition) is 1. The molecule has 102 valence electrons. The van der Waals surface area contributed by atoms with Gasteiger partial charge in [-0.05, 0) is 35.0 Å². The normalized spacial score (nSPS) is 10.6. The molecule has 19 heavy (non-hydrogen) atoms. The van der Waals surface area contributed by atoms with E-state index < -0.39 is 0 Å². The maximum Gasteiger partial charge on any atom is 0.182 e. The third kappa shape index (κ3) is 3.00. The Kier molecular flexibility index (Phi) is 4.30. The number of hydrogen-bond acceptors (Lipinski definition) is 6. The average Bonchev–Trinajstić information content (AvgIpc) is 2.88. The quantitative estimate of drug-likeness (QED) is 0.617. The molecule has 0 aliphatic heterocycles. The molecule has 0 amide bonds. The van der Waals surface area contributed by atoms with E-state index >= 15 is 0 Å². The minimum absolute atomic E-state index is 0.588. The van der Waals surface area contributed by atoms with Crippen LogP contribution in [0.5, 0.6) is 5.75 Å². The molecule has 7 heteroatoms. The average molecular weight is 263 g/mol. The molecule has 0 aliphatic carbocycles. The summed E-state index contributed by atoms with van der Waals surface area (Å²) in [5, 5.41) is 11.7. The predicted octanol–water partition coefficient (Wildman–Crippen LogP) is 0.967. The van der Waals surface area contributed by atoms with E-state index in [4.69, 9.17) is 15.2 Å². The lowest BCUT2D eigenvalue weighted by atomic mass is 10.2. The van der Waals surface area contributed by atoms with Gasteiger partial charge in [0.05, 0.1) is 12.8 Å². The first-order valence-corrected chi connectivity index (χ1v) is 5.95. The summed E-state index contributed by atoms with van der Waals surface area (Å²) in [5.74, 6) is 1.30. The summed E-state index contributed by atoms with van der Waals surface area (Å²) in [6.07, 6.45) is 0.848. The van der Waals surface area contributed by atoms with Gasteiger partial charge in [-0.15, -0.1) is 5.10 Å². The summed E-state index contributed by atoms with van der Waals surface area (Å²) in [7, 11) is 3.25. The van der Waals surface area contributed by atoms with Crippen LogP contribution in [0.2, 0.25) is 0 Å². The van der Waals surface area contributed by atoms with Gasteiger partial charge in [0.25, 0.3) is 0 Å². The standard InChI is InChI=1S/C12H17N5O2/c1-18-7-3-6-17-12(14-15-16-17)9-4-5-10(13)11(8-9)19-2/h4-5,8H,3,6-7,13H2,1-2H3. The van der Waals surface area contributed by atoms with E-state index in [0.717, 1.165) is 12.0 Å². The highest BCUT2D eigenvalue weighted by Gasteiger charge is 2.10. The predicted molar refractivity (Wildman–Crippen MR) is 70.7 cm³/mol. The Bertz CT molecular complexity index is 541. The second-order valence-electron chi connectivity index (χ2n) is 4.03. The Labute approximate surface area is 111 Å². The van der Waals surface area contributed by atoms with Gasteiger partial charge in [0.1, 0.15) is 5.75 Å². The van der Waals surface area contributed by atoms with Crippen molar-refractivity contribution in [3.05, 3.63) is 18.2 Å². The zero-order valence-electron chi connectivity index (χ0n) is 11.0. The SMILES string of the molecule is COCCCn1nnnc1-c1ccc(N)c(OC)c1. The van der Waals surface area contributed by atoms with Gasteiger partial charge in [-0.2, -0.15) is 0 Å². The van der Waals surface area contributed by atoms with Crippen LogP contribution in [-0.4, -0.2) is 41.0 Å². The van der Waals surface area contributed by atoms with Crippen molar-refractivity contribution in [2.24, 2.45) is 0 Å². The van der Waals surface area contributed by atoms with Crippen molar-refractivity contribution in [3.8, 4) is 17.1 Å². The van der Waals surface area contributed by atoms with E-state index in [9.17, 15) is 0 Å².